The highest BCUT2D eigenvalue weighted by Crippen LogP contribution is 2.33. The molecule has 0 aromatic carbocycles. The number of H-pyrrole nitrogens is 1. The van der Waals surface area contributed by atoms with Crippen LogP contribution in [0.25, 0.3) is 10.2 Å². The smallest absolute Gasteiger partial charge is 0.259 e. The quantitative estimate of drug-likeness (QED) is 0.802. The number of hydrogen-bond acceptors (Lipinski definition) is 5. The van der Waals surface area contributed by atoms with E-state index >= 15 is 0 Å². The molecule has 1 aliphatic carbocycles. The summed E-state index contributed by atoms with van der Waals surface area (Å²) in [6.45, 7) is 7.38. The van der Waals surface area contributed by atoms with E-state index in [9.17, 15) is 9.59 Å². The van der Waals surface area contributed by atoms with Crippen molar-refractivity contribution in [3.8, 4) is 0 Å². The summed E-state index contributed by atoms with van der Waals surface area (Å²) in [5.74, 6) is 0.934. The molecule has 0 atom stereocenters. The fraction of sp³-hybridized carbons (Fsp3) is 0.550. The minimum atomic E-state index is 0.00707. The highest BCUT2D eigenvalue weighted by Gasteiger charge is 2.23. The Morgan fingerprint density at radius 2 is 2.00 bits per heavy atom. The topological polar surface area (TPSA) is 69.3 Å². The van der Waals surface area contributed by atoms with Gasteiger partial charge < -0.3 is 9.88 Å². The number of amides is 1. The molecule has 4 rings (SSSR count). The summed E-state index contributed by atoms with van der Waals surface area (Å²) in [6.07, 6.45) is 7.51. The third kappa shape index (κ3) is 3.84. The molecule has 1 fully saturated rings. The molecule has 1 N–H and O–H groups in total. The summed E-state index contributed by atoms with van der Waals surface area (Å²) in [7, 11) is 0. The number of aryl methyl sites for hydroxylation is 2. The summed E-state index contributed by atoms with van der Waals surface area (Å²) in [4.78, 5) is 38.9. The van der Waals surface area contributed by atoms with Crippen LogP contribution in [-0.2, 0) is 24.2 Å². The number of nitrogens with zero attached hydrogens (tertiary/aromatic N) is 3. The van der Waals surface area contributed by atoms with Crippen molar-refractivity contribution in [1.82, 2.24) is 19.8 Å². The second-order valence-corrected chi connectivity index (χ2v) is 8.47. The molecule has 27 heavy (non-hydrogen) atoms. The van der Waals surface area contributed by atoms with E-state index in [4.69, 9.17) is 4.98 Å². The van der Waals surface area contributed by atoms with E-state index in [-0.39, 0.29) is 11.5 Å². The Bertz CT molecular complexity index is 909. The van der Waals surface area contributed by atoms with Gasteiger partial charge in [0.2, 0.25) is 5.91 Å². The fourth-order valence-electron chi connectivity index (χ4n) is 4.03. The summed E-state index contributed by atoms with van der Waals surface area (Å²) in [5.41, 5.74) is 1.24. The summed E-state index contributed by atoms with van der Waals surface area (Å²) in [6, 6.07) is 0. The van der Waals surface area contributed by atoms with Gasteiger partial charge >= 0.3 is 0 Å². The third-order valence-corrected chi connectivity index (χ3v) is 6.72. The van der Waals surface area contributed by atoms with Gasteiger partial charge in [0.25, 0.3) is 5.56 Å². The van der Waals surface area contributed by atoms with E-state index in [1.54, 1.807) is 17.4 Å². The standard InChI is InChI=1S/C20H26N4O2S/c1-2-3-8-17(25)24-11-9-23(10-12-24)13-16-21-19(26)18-14-6-4-5-7-15(14)27-20(18)22-16/h2H,1,3-13H2,(H,21,22,26). The molecule has 3 heterocycles. The van der Waals surface area contributed by atoms with Crippen molar-refractivity contribution in [3.63, 3.8) is 0 Å². The molecule has 0 saturated carbocycles. The maximum atomic E-state index is 12.6. The zero-order chi connectivity index (χ0) is 18.8. The van der Waals surface area contributed by atoms with Crippen molar-refractivity contribution >= 4 is 27.5 Å². The number of piperazine rings is 1. The molecular formula is C20H26N4O2S. The van der Waals surface area contributed by atoms with Gasteiger partial charge in [-0.15, -0.1) is 17.9 Å². The number of aromatic nitrogens is 2. The Morgan fingerprint density at radius 3 is 2.78 bits per heavy atom. The van der Waals surface area contributed by atoms with Crippen molar-refractivity contribution in [2.45, 2.75) is 45.1 Å². The molecule has 0 radical (unpaired) electrons. The van der Waals surface area contributed by atoms with Crippen LogP contribution < -0.4 is 5.56 Å². The monoisotopic (exact) mass is 386 g/mol. The van der Waals surface area contributed by atoms with E-state index < -0.39 is 0 Å². The van der Waals surface area contributed by atoms with Gasteiger partial charge in [-0.05, 0) is 37.7 Å². The zero-order valence-electron chi connectivity index (χ0n) is 15.6. The lowest BCUT2D eigenvalue weighted by Crippen LogP contribution is -2.48. The van der Waals surface area contributed by atoms with Gasteiger partial charge in [0.1, 0.15) is 10.7 Å². The predicted molar refractivity (Wildman–Crippen MR) is 108 cm³/mol. The maximum absolute atomic E-state index is 12.6. The van der Waals surface area contributed by atoms with Gasteiger partial charge in [-0.1, -0.05) is 6.08 Å². The van der Waals surface area contributed by atoms with Crippen LogP contribution in [0.4, 0.5) is 0 Å². The van der Waals surface area contributed by atoms with Crippen LogP contribution in [0.1, 0.15) is 41.9 Å². The molecule has 0 spiro atoms. The maximum Gasteiger partial charge on any atom is 0.259 e. The van der Waals surface area contributed by atoms with Crippen molar-refractivity contribution in [3.05, 3.63) is 39.3 Å². The fourth-order valence-corrected chi connectivity index (χ4v) is 5.32. The Labute approximate surface area is 162 Å². The number of thiophene rings is 1. The predicted octanol–water partition coefficient (Wildman–Crippen LogP) is 2.47. The van der Waals surface area contributed by atoms with Crippen molar-refractivity contribution < 1.29 is 4.79 Å². The lowest BCUT2D eigenvalue weighted by Gasteiger charge is -2.34. The number of aromatic amines is 1. The molecule has 1 saturated heterocycles. The Hall–Kier alpha value is -1.99. The number of rotatable bonds is 5. The summed E-state index contributed by atoms with van der Waals surface area (Å²) >= 11 is 1.69. The molecular weight excluding hydrogens is 360 g/mol. The number of carbonyl (C=O) groups is 1. The Balaban J connectivity index is 1.43. The van der Waals surface area contributed by atoms with Crippen LogP contribution in [0.3, 0.4) is 0 Å². The number of allylic oxidation sites excluding steroid dienone is 1. The van der Waals surface area contributed by atoms with Gasteiger partial charge in [-0.3, -0.25) is 14.5 Å². The van der Waals surface area contributed by atoms with Crippen molar-refractivity contribution in [1.29, 1.82) is 0 Å². The van der Waals surface area contributed by atoms with E-state index in [0.717, 1.165) is 67.9 Å². The zero-order valence-corrected chi connectivity index (χ0v) is 16.4. The Morgan fingerprint density at radius 1 is 1.22 bits per heavy atom. The first-order chi connectivity index (χ1) is 13.2. The van der Waals surface area contributed by atoms with Gasteiger partial charge in [-0.25, -0.2) is 4.98 Å². The number of fused-ring (bicyclic) bond motifs is 3. The number of carbonyl (C=O) groups excluding carboxylic acids is 1. The van der Waals surface area contributed by atoms with Crippen LogP contribution in [0, 0.1) is 0 Å². The first-order valence-electron chi connectivity index (χ1n) is 9.80. The molecule has 1 amide bonds. The van der Waals surface area contributed by atoms with Crippen molar-refractivity contribution in [2.75, 3.05) is 26.2 Å². The lowest BCUT2D eigenvalue weighted by atomic mass is 9.97. The van der Waals surface area contributed by atoms with E-state index in [2.05, 4.69) is 16.5 Å². The second kappa shape index (κ2) is 7.94. The Kier molecular flexibility index (Phi) is 5.41. The van der Waals surface area contributed by atoms with Gasteiger partial charge in [0.15, 0.2) is 0 Å². The molecule has 6 nitrogen and oxygen atoms in total. The van der Waals surface area contributed by atoms with Crippen molar-refractivity contribution in [2.24, 2.45) is 0 Å². The molecule has 1 aliphatic heterocycles. The van der Waals surface area contributed by atoms with Crippen LogP contribution in [-0.4, -0.2) is 51.9 Å². The summed E-state index contributed by atoms with van der Waals surface area (Å²) in [5, 5.41) is 0.816. The molecule has 2 aliphatic rings. The first kappa shape index (κ1) is 18.4. The molecule has 2 aromatic heterocycles. The molecule has 144 valence electrons. The third-order valence-electron chi connectivity index (χ3n) is 5.53. The largest absolute Gasteiger partial charge is 0.340 e. The number of nitrogens with one attached hydrogen (secondary N) is 1. The van der Waals surface area contributed by atoms with Gasteiger partial charge in [-0.2, -0.15) is 0 Å². The van der Waals surface area contributed by atoms with E-state index in [0.29, 0.717) is 13.0 Å². The van der Waals surface area contributed by atoms with Gasteiger partial charge in [0.05, 0.1) is 11.9 Å². The SMILES string of the molecule is C=CCCC(=O)N1CCN(Cc2nc3sc4c(c3c(=O)[nH]2)CCCC4)CC1. The van der Waals surface area contributed by atoms with Crippen LogP contribution in [0.2, 0.25) is 0 Å². The molecule has 7 heteroatoms. The molecule has 0 unspecified atom stereocenters. The minimum absolute atomic E-state index is 0.00707. The lowest BCUT2D eigenvalue weighted by molar-refractivity contribution is -0.132. The average molecular weight is 387 g/mol. The van der Waals surface area contributed by atoms with Crippen LogP contribution in [0.5, 0.6) is 0 Å². The molecule has 2 aromatic rings. The summed E-state index contributed by atoms with van der Waals surface area (Å²) < 4.78 is 0. The average Bonchev–Trinajstić information content (AvgIpc) is 3.05. The highest BCUT2D eigenvalue weighted by molar-refractivity contribution is 7.18. The normalized spacial score (nSPS) is 17.9. The highest BCUT2D eigenvalue weighted by atomic mass is 32.1. The number of hydrogen-bond donors (Lipinski definition) is 1. The van der Waals surface area contributed by atoms with Crippen LogP contribution in [0.15, 0.2) is 17.4 Å². The molecule has 0 bridgehead atoms. The first-order valence-corrected chi connectivity index (χ1v) is 10.6. The van der Waals surface area contributed by atoms with E-state index in [1.807, 2.05) is 4.90 Å². The van der Waals surface area contributed by atoms with E-state index in [1.165, 1.54) is 16.9 Å². The second-order valence-electron chi connectivity index (χ2n) is 7.39. The minimum Gasteiger partial charge on any atom is -0.340 e. The van der Waals surface area contributed by atoms with Gasteiger partial charge in [0, 0.05) is 37.5 Å². The van der Waals surface area contributed by atoms with Crippen LogP contribution >= 0.6 is 11.3 Å².